The highest BCUT2D eigenvalue weighted by Crippen LogP contribution is 2.44. The summed E-state index contributed by atoms with van der Waals surface area (Å²) < 4.78 is 0. The molecule has 188 valence electrons. The van der Waals surface area contributed by atoms with Gasteiger partial charge in [-0.3, -0.25) is 15.0 Å². The van der Waals surface area contributed by atoms with Crippen LogP contribution < -0.4 is 5.32 Å². The van der Waals surface area contributed by atoms with E-state index in [0.29, 0.717) is 24.3 Å². The van der Waals surface area contributed by atoms with Gasteiger partial charge in [0.15, 0.2) is 0 Å². The highest BCUT2D eigenvalue weighted by molar-refractivity contribution is 5.94. The van der Waals surface area contributed by atoms with Crippen LogP contribution in [0.5, 0.6) is 0 Å². The molecular weight excluding hydrogens is 450 g/mol. The summed E-state index contributed by atoms with van der Waals surface area (Å²) >= 11 is 0. The lowest BCUT2D eigenvalue weighted by Crippen LogP contribution is -2.47. The lowest BCUT2D eigenvalue weighted by molar-refractivity contribution is 0.0773. The Morgan fingerprint density at radius 1 is 0.944 bits per heavy atom. The SMILES string of the molecule is CCN(CC)C(=O)c1ccc(C2(c3ccccc3NC(=O)O)CCCN(Cc3ccccc3)C2)cc1. The standard InChI is InChI=1S/C30H35N3O3/c1-3-33(4-2)28(34)24-15-17-25(18-16-24)30(26-13-8-9-14-27(26)31-29(35)36)19-10-20-32(22-30)21-23-11-6-5-7-12-23/h5-9,11-18,31H,3-4,10,19-22H2,1-2H3,(H,35,36). The number of benzene rings is 3. The number of piperidine rings is 1. The molecule has 0 bridgehead atoms. The van der Waals surface area contributed by atoms with Crippen molar-refractivity contribution in [3.8, 4) is 0 Å². The van der Waals surface area contributed by atoms with E-state index in [1.807, 2.05) is 61.2 Å². The Labute approximate surface area is 213 Å². The molecule has 1 heterocycles. The first-order valence-electron chi connectivity index (χ1n) is 12.7. The Kier molecular flexibility index (Phi) is 8.06. The predicted molar refractivity (Wildman–Crippen MR) is 144 cm³/mol. The Morgan fingerprint density at radius 3 is 2.28 bits per heavy atom. The van der Waals surface area contributed by atoms with Crippen molar-refractivity contribution in [2.75, 3.05) is 31.5 Å². The zero-order valence-corrected chi connectivity index (χ0v) is 21.1. The molecule has 0 aliphatic carbocycles. The Bertz CT molecular complexity index is 1180. The van der Waals surface area contributed by atoms with Crippen LogP contribution >= 0.6 is 0 Å². The largest absolute Gasteiger partial charge is 0.465 e. The molecule has 0 saturated carbocycles. The normalized spacial score (nSPS) is 17.9. The summed E-state index contributed by atoms with van der Waals surface area (Å²) in [6, 6.07) is 26.1. The highest BCUT2D eigenvalue weighted by atomic mass is 16.4. The number of hydrogen-bond acceptors (Lipinski definition) is 3. The maximum absolute atomic E-state index is 12.9. The van der Waals surface area contributed by atoms with E-state index in [1.165, 1.54) is 5.56 Å². The summed E-state index contributed by atoms with van der Waals surface area (Å²) in [5.41, 5.74) is 4.18. The Hall–Kier alpha value is -3.64. The molecule has 4 rings (SSSR count). The van der Waals surface area contributed by atoms with E-state index in [0.717, 1.165) is 43.6 Å². The third-order valence-electron chi connectivity index (χ3n) is 7.24. The van der Waals surface area contributed by atoms with Gasteiger partial charge in [0.2, 0.25) is 0 Å². The molecule has 3 aromatic carbocycles. The van der Waals surface area contributed by atoms with E-state index in [1.54, 1.807) is 0 Å². The second-order valence-electron chi connectivity index (χ2n) is 9.41. The molecule has 0 spiro atoms. The van der Waals surface area contributed by atoms with Crippen molar-refractivity contribution in [1.29, 1.82) is 0 Å². The predicted octanol–water partition coefficient (Wildman–Crippen LogP) is 5.84. The quantitative estimate of drug-likeness (QED) is 0.420. The van der Waals surface area contributed by atoms with Gasteiger partial charge in [0, 0.05) is 42.8 Å². The van der Waals surface area contributed by atoms with Gasteiger partial charge in [-0.2, -0.15) is 0 Å². The number of rotatable bonds is 8. The van der Waals surface area contributed by atoms with Crippen molar-refractivity contribution >= 4 is 17.7 Å². The second kappa shape index (κ2) is 11.4. The van der Waals surface area contributed by atoms with Crippen molar-refractivity contribution in [2.24, 2.45) is 0 Å². The van der Waals surface area contributed by atoms with E-state index in [9.17, 15) is 14.7 Å². The molecule has 1 unspecified atom stereocenters. The first-order valence-corrected chi connectivity index (χ1v) is 12.7. The van der Waals surface area contributed by atoms with Gasteiger partial charge in [0.25, 0.3) is 5.91 Å². The minimum atomic E-state index is -1.07. The van der Waals surface area contributed by atoms with Gasteiger partial charge in [0.05, 0.1) is 0 Å². The summed E-state index contributed by atoms with van der Waals surface area (Å²) in [4.78, 5) is 28.8. The van der Waals surface area contributed by atoms with E-state index >= 15 is 0 Å². The van der Waals surface area contributed by atoms with Crippen LogP contribution in [0.2, 0.25) is 0 Å². The third-order valence-corrected chi connectivity index (χ3v) is 7.24. The van der Waals surface area contributed by atoms with Crippen LogP contribution in [0.15, 0.2) is 78.9 Å². The molecule has 1 saturated heterocycles. The molecule has 36 heavy (non-hydrogen) atoms. The van der Waals surface area contributed by atoms with Gasteiger partial charge in [-0.1, -0.05) is 60.7 Å². The zero-order chi connectivity index (χ0) is 25.5. The van der Waals surface area contributed by atoms with Gasteiger partial charge in [-0.25, -0.2) is 4.79 Å². The Balaban J connectivity index is 1.75. The fourth-order valence-electron chi connectivity index (χ4n) is 5.48. The van der Waals surface area contributed by atoms with Crippen molar-refractivity contribution < 1.29 is 14.7 Å². The fourth-order valence-corrected chi connectivity index (χ4v) is 5.48. The van der Waals surface area contributed by atoms with Gasteiger partial charge >= 0.3 is 6.09 Å². The van der Waals surface area contributed by atoms with E-state index in [-0.39, 0.29) is 5.91 Å². The number of amides is 2. The lowest BCUT2D eigenvalue weighted by Gasteiger charge is -2.44. The molecule has 6 nitrogen and oxygen atoms in total. The molecular formula is C30H35N3O3. The number of nitrogens with zero attached hydrogens (tertiary/aromatic N) is 2. The van der Waals surface area contributed by atoms with Gasteiger partial charge < -0.3 is 10.0 Å². The molecule has 1 atom stereocenters. The molecule has 6 heteroatoms. The first-order chi connectivity index (χ1) is 17.5. The molecule has 1 aliphatic rings. The van der Waals surface area contributed by atoms with Crippen LogP contribution in [0.25, 0.3) is 0 Å². The number of nitrogens with one attached hydrogen (secondary N) is 1. The van der Waals surface area contributed by atoms with Gasteiger partial charge in [-0.05, 0) is 68.1 Å². The van der Waals surface area contributed by atoms with E-state index in [4.69, 9.17) is 0 Å². The average molecular weight is 486 g/mol. The summed E-state index contributed by atoms with van der Waals surface area (Å²) in [5.74, 6) is 0.0305. The number of carbonyl (C=O) groups excluding carboxylic acids is 1. The van der Waals surface area contributed by atoms with Crippen LogP contribution in [-0.4, -0.2) is 53.1 Å². The number of hydrogen-bond donors (Lipinski definition) is 2. The number of carboxylic acid groups (broad SMARTS) is 1. The second-order valence-corrected chi connectivity index (χ2v) is 9.41. The highest BCUT2D eigenvalue weighted by Gasteiger charge is 2.40. The van der Waals surface area contributed by atoms with Gasteiger partial charge in [0.1, 0.15) is 0 Å². The van der Waals surface area contributed by atoms with E-state index < -0.39 is 11.5 Å². The third kappa shape index (κ3) is 5.44. The van der Waals surface area contributed by atoms with Crippen LogP contribution in [-0.2, 0) is 12.0 Å². The molecule has 1 aliphatic heterocycles. The topological polar surface area (TPSA) is 72.9 Å². The molecule has 3 aromatic rings. The zero-order valence-electron chi connectivity index (χ0n) is 21.1. The molecule has 0 aromatic heterocycles. The average Bonchev–Trinajstić information content (AvgIpc) is 2.90. The maximum Gasteiger partial charge on any atom is 0.409 e. The molecule has 0 radical (unpaired) electrons. The van der Waals surface area contributed by atoms with Crippen LogP contribution in [0.3, 0.4) is 0 Å². The van der Waals surface area contributed by atoms with E-state index in [2.05, 4.69) is 46.6 Å². The van der Waals surface area contributed by atoms with Gasteiger partial charge in [-0.15, -0.1) is 0 Å². The fraction of sp³-hybridized carbons (Fsp3) is 0.333. The number of carbonyl (C=O) groups is 2. The van der Waals surface area contributed by atoms with Crippen LogP contribution in [0, 0.1) is 0 Å². The van der Waals surface area contributed by atoms with Crippen molar-refractivity contribution in [1.82, 2.24) is 9.80 Å². The van der Waals surface area contributed by atoms with Crippen LogP contribution in [0.4, 0.5) is 10.5 Å². The maximum atomic E-state index is 12.9. The monoisotopic (exact) mass is 485 g/mol. The number of likely N-dealkylation sites (tertiary alicyclic amines) is 1. The van der Waals surface area contributed by atoms with Crippen molar-refractivity contribution in [2.45, 2.75) is 38.6 Å². The van der Waals surface area contributed by atoms with Crippen molar-refractivity contribution in [3.63, 3.8) is 0 Å². The minimum Gasteiger partial charge on any atom is -0.465 e. The molecule has 2 N–H and O–H groups in total. The summed E-state index contributed by atoms with van der Waals surface area (Å²) in [7, 11) is 0. The number of para-hydroxylation sites is 1. The summed E-state index contributed by atoms with van der Waals surface area (Å²) in [6.07, 6.45) is 0.795. The lowest BCUT2D eigenvalue weighted by atomic mass is 9.68. The summed E-state index contributed by atoms with van der Waals surface area (Å²) in [5, 5.41) is 12.2. The molecule has 2 amide bonds. The smallest absolute Gasteiger partial charge is 0.409 e. The van der Waals surface area contributed by atoms with Crippen molar-refractivity contribution in [3.05, 3.63) is 101 Å². The summed E-state index contributed by atoms with van der Waals surface area (Å²) in [6.45, 7) is 7.87. The van der Waals surface area contributed by atoms with Crippen LogP contribution in [0.1, 0.15) is 53.7 Å². The Morgan fingerprint density at radius 2 is 1.61 bits per heavy atom. The minimum absolute atomic E-state index is 0.0305. The first kappa shape index (κ1) is 25.5. The molecule has 1 fully saturated rings. The number of anilines is 1.